The fraction of sp³-hybridized carbons (Fsp3) is 0.227. The molecule has 0 spiro atoms. The predicted molar refractivity (Wildman–Crippen MR) is 115 cm³/mol. The quantitative estimate of drug-likeness (QED) is 0.437. The van der Waals surface area contributed by atoms with Crippen LogP contribution < -0.4 is 9.64 Å². The second-order valence-corrected chi connectivity index (χ2v) is 8.83. The van der Waals surface area contributed by atoms with E-state index in [1.54, 1.807) is 18.1 Å². The topological polar surface area (TPSA) is 68.7 Å². The van der Waals surface area contributed by atoms with Crippen LogP contribution in [0.15, 0.2) is 53.4 Å². The summed E-state index contributed by atoms with van der Waals surface area (Å²) in [7, 11) is 1.59. The molecule has 1 amide bonds. The lowest BCUT2D eigenvalue weighted by molar-refractivity contribution is -0.148. The highest BCUT2D eigenvalue weighted by Gasteiger charge is 2.58. The normalized spacial score (nSPS) is 19.7. The Labute approximate surface area is 182 Å². The van der Waals surface area contributed by atoms with Crippen LogP contribution in [-0.4, -0.2) is 28.8 Å². The van der Waals surface area contributed by atoms with Gasteiger partial charge < -0.3 is 9.47 Å². The molecule has 30 heavy (non-hydrogen) atoms. The number of hydrogen-bond donors (Lipinski definition) is 0. The number of amides is 1. The molecular formula is C22H17ClN2O4S. The van der Waals surface area contributed by atoms with Crippen LogP contribution in [-0.2, 0) is 20.9 Å². The summed E-state index contributed by atoms with van der Waals surface area (Å²) >= 11 is 7.71. The Morgan fingerprint density at radius 2 is 2.10 bits per heavy atom. The standard InChI is InChI=1S/C22H17ClN2O4S/c1-28-15-7-6-13-10-14(20(23)24-16(13)11-15)12-29-21(27)22-9-8-19(26)25(22)17-4-2-3-5-18(17)30-22/h2-7,10-11H,8-9,12H2,1H3. The number of methoxy groups -OCH3 is 1. The zero-order valence-corrected chi connectivity index (χ0v) is 17.6. The van der Waals surface area contributed by atoms with Gasteiger partial charge in [-0.05, 0) is 30.3 Å². The number of halogens is 1. The van der Waals surface area contributed by atoms with E-state index < -0.39 is 10.8 Å². The van der Waals surface area contributed by atoms with Crippen LogP contribution in [0, 0.1) is 0 Å². The number of nitrogens with zero attached hydrogens (tertiary/aromatic N) is 2. The molecule has 152 valence electrons. The van der Waals surface area contributed by atoms with E-state index in [2.05, 4.69) is 4.98 Å². The van der Waals surface area contributed by atoms with Crippen molar-refractivity contribution in [3.63, 3.8) is 0 Å². The largest absolute Gasteiger partial charge is 0.497 e. The molecule has 3 aromatic rings. The molecule has 0 radical (unpaired) electrons. The van der Waals surface area contributed by atoms with Gasteiger partial charge in [-0.25, -0.2) is 9.78 Å². The highest BCUT2D eigenvalue weighted by atomic mass is 35.5. The van der Waals surface area contributed by atoms with E-state index in [1.807, 2.05) is 42.5 Å². The third-order valence-electron chi connectivity index (χ3n) is 5.40. The van der Waals surface area contributed by atoms with Crippen molar-refractivity contribution in [2.24, 2.45) is 0 Å². The first kappa shape index (κ1) is 19.2. The zero-order valence-electron chi connectivity index (χ0n) is 16.1. The van der Waals surface area contributed by atoms with Gasteiger partial charge in [-0.1, -0.05) is 35.5 Å². The summed E-state index contributed by atoms with van der Waals surface area (Å²) in [4.78, 5) is 31.5. The van der Waals surface area contributed by atoms with Crippen LogP contribution in [0.4, 0.5) is 5.69 Å². The number of thioether (sulfide) groups is 1. The van der Waals surface area contributed by atoms with Crippen LogP contribution in [0.5, 0.6) is 5.75 Å². The Morgan fingerprint density at radius 3 is 2.93 bits per heavy atom. The maximum atomic E-state index is 13.2. The lowest BCUT2D eigenvalue weighted by Crippen LogP contribution is -2.47. The van der Waals surface area contributed by atoms with Crippen molar-refractivity contribution in [1.29, 1.82) is 0 Å². The molecule has 2 aliphatic heterocycles. The Hall–Kier alpha value is -2.77. The van der Waals surface area contributed by atoms with Gasteiger partial charge in [-0.2, -0.15) is 0 Å². The number of esters is 1. The minimum absolute atomic E-state index is 0.0205. The smallest absolute Gasteiger partial charge is 0.343 e. The van der Waals surface area contributed by atoms with Gasteiger partial charge in [-0.3, -0.25) is 9.69 Å². The lowest BCUT2D eigenvalue weighted by atomic mass is 10.1. The average molecular weight is 441 g/mol. The number of ether oxygens (including phenoxy) is 2. The number of hydrogen-bond acceptors (Lipinski definition) is 6. The fourth-order valence-corrected chi connectivity index (χ4v) is 5.54. The van der Waals surface area contributed by atoms with Gasteiger partial charge >= 0.3 is 5.97 Å². The number of para-hydroxylation sites is 1. The molecule has 2 aliphatic rings. The number of rotatable bonds is 4. The molecule has 6 nitrogen and oxygen atoms in total. The van der Waals surface area contributed by atoms with E-state index in [0.717, 1.165) is 16.0 Å². The van der Waals surface area contributed by atoms with Crippen molar-refractivity contribution in [2.75, 3.05) is 12.0 Å². The zero-order chi connectivity index (χ0) is 20.9. The molecule has 1 aromatic heterocycles. The van der Waals surface area contributed by atoms with Crippen LogP contribution >= 0.6 is 23.4 Å². The summed E-state index contributed by atoms with van der Waals surface area (Å²) in [5.74, 6) is 0.178. The molecule has 0 N–H and O–H groups in total. The second kappa shape index (κ2) is 7.18. The van der Waals surface area contributed by atoms with Crippen LogP contribution in [0.3, 0.4) is 0 Å². The maximum absolute atomic E-state index is 13.2. The van der Waals surface area contributed by atoms with Crippen molar-refractivity contribution in [1.82, 2.24) is 4.98 Å². The number of fused-ring (bicyclic) bond motifs is 4. The number of benzene rings is 2. The predicted octanol–water partition coefficient (Wildman–Crippen LogP) is 4.57. The number of aromatic nitrogens is 1. The molecule has 8 heteroatoms. The number of anilines is 1. The molecule has 1 saturated heterocycles. The summed E-state index contributed by atoms with van der Waals surface area (Å²) in [6.45, 7) is -0.0205. The molecule has 1 unspecified atom stereocenters. The first-order chi connectivity index (χ1) is 14.5. The Bertz CT molecular complexity index is 1200. The van der Waals surface area contributed by atoms with E-state index in [-0.39, 0.29) is 17.7 Å². The summed E-state index contributed by atoms with van der Waals surface area (Å²) in [6.07, 6.45) is 0.726. The van der Waals surface area contributed by atoms with Gasteiger partial charge in [0.15, 0.2) is 4.87 Å². The molecule has 2 aromatic carbocycles. The van der Waals surface area contributed by atoms with Gasteiger partial charge in [0.2, 0.25) is 5.91 Å². The van der Waals surface area contributed by atoms with Crippen molar-refractivity contribution in [2.45, 2.75) is 29.2 Å². The molecule has 1 atom stereocenters. The molecule has 5 rings (SSSR count). The molecule has 3 heterocycles. The van der Waals surface area contributed by atoms with Gasteiger partial charge in [0.1, 0.15) is 17.5 Å². The summed E-state index contributed by atoms with van der Waals surface area (Å²) in [6, 6.07) is 14.9. The van der Waals surface area contributed by atoms with Gasteiger partial charge in [0.05, 0.1) is 18.3 Å². The minimum Gasteiger partial charge on any atom is -0.497 e. The van der Waals surface area contributed by atoms with E-state index in [0.29, 0.717) is 29.7 Å². The van der Waals surface area contributed by atoms with Gasteiger partial charge in [0.25, 0.3) is 0 Å². The number of pyridine rings is 1. The summed E-state index contributed by atoms with van der Waals surface area (Å²) in [5.41, 5.74) is 2.07. The first-order valence-electron chi connectivity index (χ1n) is 9.43. The number of carbonyl (C=O) groups is 2. The van der Waals surface area contributed by atoms with E-state index in [4.69, 9.17) is 21.1 Å². The molecule has 0 aliphatic carbocycles. The SMILES string of the molecule is COc1ccc2cc(COC(=O)C34CCC(=O)N3c3ccccc3S4)c(Cl)nc2c1. The highest BCUT2D eigenvalue weighted by molar-refractivity contribution is 8.02. The van der Waals surface area contributed by atoms with Crippen molar-refractivity contribution in [3.05, 3.63) is 59.2 Å². The monoisotopic (exact) mass is 440 g/mol. The van der Waals surface area contributed by atoms with Crippen molar-refractivity contribution >= 4 is 51.8 Å². The van der Waals surface area contributed by atoms with Crippen LogP contribution in [0.1, 0.15) is 18.4 Å². The van der Waals surface area contributed by atoms with E-state index in [1.165, 1.54) is 11.8 Å². The fourth-order valence-electron chi connectivity index (χ4n) is 3.92. The molecular weight excluding hydrogens is 424 g/mol. The van der Waals surface area contributed by atoms with Crippen LogP contribution in [0.25, 0.3) is 10.9 Å². The summed E-state index contributed by atoms with van der Waals surface area (Å²) < 4.78 is 10.9. The Morgan fingerprint density at radius 1 is 1.27 bits per heavy atom. The lowest BCUT2D eigenvalue weighted by Gasteiger charge is -2.28. The van der Waals surface area contributed by atoms with Crippen molar-refractivity contribution < 1.29 is 19.1 Å². The number of carbonyl (C=O) groups excluding carboxylic acids is 2. The van der Waals surface area contributed by atoms with E-state index >= 15 is 0 Å². The molecule has 1 fully saturated rings. The average Bonchev–Trinajstić information content (AvgIpc) is 3.27. The first-order valence-corrected chi connectivity index (χ1v) is 10.6. The van der Waals surface area contributed by atoms with Gasteiger partial charge in [0, 0.05) is 34.8 Å². The highest BCUT2D eigenvalue weighted by Crippen LogP contribution is 2.56. The molecule has 0 bridgehead atoms. The second-order valence-electron chi connectivity index (χ2n) is 7.16. The van der Waals surface area contributed by atoms with Crippen LogP contribution in [0.2, 0.25) is 5.15 Å². The van der Waals surface area contributed by atoms with Gasteiger partial charge in [-0.15, -0.1) is 0 Å². The Kier molecular flexibility index (Phi) is 4.60. The maximum Gasteiger partial charge on any atom is 0.343 e. The van der Waals surface area contributed by atoms with Crippen molar-refractivity contribution in [3.8, 4) is 5.75 Å². The third kappa shape index (κ3) is 2.92. The third-order valence-corrected chi connectivity index (χ3v) is 7.19. The molecule has 0 saturated carbocycles. The minimum atomic E-state index is -1.05. The summed E-state index contributed by atoms with van der Waals surface area (Å²) in [5, 5.41) is 1.13. The van der Waals surface area contributed by atoms with E-state index in [9.17, 15) is 9.59 Å². The Balaban J connectivity index is 1.40.